The fourth-order valence-electron chi connectivity index (χ4n) is 3.48. The van der Waals surface area contributed by atoms with Crippen LogP contribution in [0.15, 0.2) is 36.9 Å². The summed E-state index contributed by atoms with van der Waals surface area (Å²) < 4.78 is 12.9. The van der Waals surface area contributed by atoms with E-state index in [0.29, 0.717) is 11.3 Å². The molecule has 0 aromatic heterocycles. The minimum Gasteiger partial charge on any atom is -0.207 e. The lowest BCUT2D eigenvalue weighted by molar-refractivity contribution is 0.152. The van der Waals surface area contributed by atoms with Crippen LogP contribution in [0.2, 0.25) is 0 Å². The van der Waals surface area contributed by atoms with Gasteiger partial charge in [0.15, 0.2) is 0 Å². The monoisotopic (exact) mass is 260 g/mol. The van der Waals surface area contributed by atoms with E-state index in [-0.39, 0.29) is 5.82 Å². The summed E-state index contributed by atoms with van der Waals surface area (Å²) in [5, 5.41) is 0. The first-order valence-electron chi connectivity index (χ1n) is 7.39. The average Bonchev–Trinajstić information content (AvgIpc) is 2.40. The maximum absolute atomic E-state index is 12.9. The van der Waals surface area contributed by atoms with Crippen molar-refractivity contribution in [2.45, 2.75) is 51.9 Å². The molecule has 0 amide bonds. The van der Waals surface area contributed by atoms with E-state index in [4.69, 9.17) is 0 Å². The second-order valence-electron chi connectivity index (χ2n) is 6.58. The van der Waals surface area contributed by atoms with E-state index < -0.39 is 0 Å². The van der Waals surface area contributed by atoms with E-state index in [2.05, 4.69) is 20.4 Å². The number of hydrogen-bond acceptors (Lipinski definition) is 0. The fourth-order valence-corrected chi connectivity index (χ4v) is 3.48. The number of halogens is 1. The van der Waals surface area contributed by atoms with Gasteiger partial charge >= 0.3 is 0 Å². The summed E-state index contributed by atoms with van der Waals surface area (Å²) >= 11 is 0. The predicted octanol–water partition coefficient (Wildman–Crippen LogP) is 5.70. The maximum Gasteiger partial charge on any atom is 0.123 e. The Morgan fingerprint density at radius 2 is 1.74 bits per heavy atom. The van der Waals surface area contributed by atoms with Crippen molar-refractivity contribution >= 4 is 0 Å². The molecule has 0 atom stereocenters. The topological polar surface area (TPSA) is 0 Å². The summed E-state index contributed by atoms with van der Waals surface area (Å²) in [4.78, 5) is 0. The van der Waals surface area contributed by atoms with Gasteiger partial charge in [-0.15, -0.1) is 6.58 Å². The van der Waals surface area contributed by atoms with Crippen LogP contribution in [0.25, 0.3) is 0 Å². The van der Waals surface area contributed by atoms with Crippen LogP contribution in [-0.2, 0) is 0 Å². The van der Waals surface area contributed by atoms with Crippen molar-refractivity contribution in [3.8, 4) is 0 Å². The number of hydrogen-bond donors (Lipinski definition) is 0. The van der Waals surface area contributed by atoms with Gasteiger partial charge in [0.1, 0.15) is 5.82 Å². The SMILES string of the molecule is C=CCC(C)(C)[C@H]1CC[C@H](c2ccc(F)cc2)CC1. The molecule has 1 aromatic rings. The standard InChI is InChI=1S/C18H25F/c1-4-13-18(2,3)16-9-5-14(6-10-16)15-7-11-17(19)12-8-15/h4,7-8,11-12,14,16H,1,5-6,9-10,13H2,2-3H3/t14-,16-. The highest BCUT2D eigenvalue weighted by molar-refractivity contribution is 5.21. The highest BCUT2D eigenvalue weighted by atomic mass is 19.1. The Balaban J connectivity index is 1.95. The van der Waals surface area contributed by atoms with Gasteiger partial charge in [-0.25, -0.2) is 4.39 Å². The molecule has 1 saturated carbocycles. The first-order valence-corrected chi connectivity index (χ1v) is 7.39. The van der Waals surface area contributed by atoms with Crippen molar-refractivity contribution in [2.24, 2.45) is 11.3 Å². The average molecular weight is 260 g/mol. The molecule has 0 unspecified atom stereocenters. The molecule has 0 aliphatic heterocycles. The summed E-state index contributed by atoms with van der Waals surface area (Å²) in [6.07, 6.45) is 8.17. The molecule has 1 heteroatoms. The van der Waals surface area contributed by atoms with Gasteiger partial charge in [0.25, 0.3) is 0 Å². The van der Waals surface area contributed by atoms with E-state index in [9.17, 15) is 4.39 Å². The highest BCUT2D eigenvalue weighted by Crippen LogP contribution is 2.45. The molecule has 104 valence electrons. The summed E-state index contributed by atoms with van der Waals surface area (Å²) in [5.74, 6) is 1.28. The lowest BCUT2D eigenvalue weighted by Crippen LogP contribution is -2.27. The van der Waals surface area contributed by atoms with Gasteiger partial charge in [0.05, 0.1) is 0 Å². The second-order valence-corrected chi connectivity index (χ2v) is 6.58. The molecule has 1 aliphatic rings. The first kappa shape index (κ1) is 14.3. The molecule has 0 radical (unpaired) electrons. The Hall–Kier alpha value is -1.11. The molecule has 0 nitrogen and oxygen atoms in total. The molecule has 0 N–H and O–H groups in total. The zero-order chi connectivity index (χ0) is 13.9. The Labute approximate surface area is 116 Å². The van der Waals surface area contributed by atoms with Crippen molar-refractivity contribution in [2.75, 3.05) is 0 Å². The summed E-state index contributed by atoms with van der Waals surface area (Å²) in [5.41, 5.74) is 1.68. The van der Waals surface area contributed by atoms with Gasteiger partial charge in [0, 0.05) is 0 Å². The van der Waals surface area contributed by atoms with E-state index in [1.807, 2.05) is 18.2 Å². The molecule has 0 spiro atoms. The molecule has 0 heterocycles. The Bertz CT molecular complexity index is 408. The Morgan fingerprint density at radius 1 is 1.16 bits per heavy atom. The molecule has 0 bridgehead atoms. The Morgan fingerprint density at radius 3 is 2.26 bits per heavy atom. The largest absolute Gasteiger partial charge is 0.207 e. The third-order valence-electron chi connectivity index (χ3n) is 4.84. The predicted molar refractivity (Wildman–Crippen MR) is 79.7 cm³/mol. The van der Waals surface area contributed by atoms with Crippen LogP contribution in [0.4, 0.5) is 4.39 Å². The van der Waals surface area contributed by atoms with Crippen molar-refractivity contribution < 1.29 is 4.39 Å². The lowest BCUT2D eigenvalue weighted by Gasteiger charge is -2.39. The quantitative estimate of drug-likeness (QED) is 0.609. The highest BCUT2D eigenvalue weighted by Gasteiger charge is 2.32. The summed E-state index contributed by atoms with van der Waals surface area (Å²) in [6.45, 7) is 8.59. The Kier molecular flexibility index (Phi) is 4.44. The van der Waals surface area contributed by atoms with Gasteiger partial charge in [-0.3, -0.25) is 0 Å². The maximum atomic E-state index is 12.9. The third-order valence-corrected chi connectivity index (χ3v) is 4.84. The van der Waals surface area contributed by atoms with Crippen LogP contribution >= 0.6 is 0 Å². The summed E-state index contributed by atoms with van der Waals surface area (Å²) in [7, 11) is 0. The van der Waals surface area contributed by atoms with Crippen LogP contribution in [0.5, 0.6) is 0 Å². The van der Waals surface area contributed by atoms with Crippen molar-refractivity contribution in [1.82, 2.24) is 0 Å². The molecular formula is C18H25F. The molecule has 1 aromatic carbocycles. The van der Waals surface area contributed by atoms with E-state index in [1.54, 1.807) is 12.1 Å². The van der Waals surface area contributed by atoms with Crippen LogP contribution in [0.1, 0.15) is 57.4 Å². The lowest BCUT2D eigenvalue weighted by atomic mass is 9.66. The third kappa shape index (κ3) is 3.46. The molecule has 1 aliphatic carbocycles. The van der Waals surface area contributed by atoms with Gasteiger partial charge in [-0.05, 0) is 67.1 Å². The van der Waals surface area contributed by atoms with Crippen molar-refractivity contribution in [1.29, 1.82) is 0 Å². The van der Waals surface area contributed by atoms with Crippen LogP contribution < -0.4 is 0 Å². The normalized spacial score (nSPS) is 24.2. The van der Waals surface area contributed by atoms with Crippen LogP contribution in [-0.4, -0.2) is 0 Å². The zero-order valence-electron chi connectivity index (χ0n) is 12.2. The molecule has 2 rings (SSSR count). The minimum absolute atomic E-state index is 0.135. The second kappa shape index (κ2) is 5.90. The number of rotatable bonds is 4. The molecule has 0 saturated heterocycles. The van der Waals surface area contributed by atoms with Crippen molar-refractivity contribution in [3.63, 3.8) is 0 Å². The van der Waals surface area contributed by atoms with Crippen molar-refractivity contribution in [3.05, 3.63) is 48.3 Å². The van der Waals surface area contributed by atoms with Gasteiger partial charge < -0.3 is 0 Å². The smallest absolute Gasteiger partial charge is 0.123 e. The van der Waals surface area contributed by atoms with Gasteiger partial charge in [-0.2, -0.15) is 0 Å². The van der Waals surface area contributed by atoms with Gasteiger partial charge in [-0.1, -0.05) is 32.1 Å². The molecular weight excluding hydrogens is 235 g/mol. The molecule has 19 heavy (non-hydrogen) atoms. The zero-order valence-corrected chi connectivity index (χ0v) is 12.2. The van der Waals surface area contributed by atoms with E-state index in [0.717, 1.165) is 12.3 Å². The molecule has 1 fully saturated rings. The minimum atomic E-state index is -0.135. The number of allylic oxidation sites excluding steroid dienone is 1. The van der Waals surface area contributed by atoms with Gasteiger partial charge in [0.2, 0.25) is 0 Å². The summed E-state index contributed by atoms with van der Waals surface area (Å²) in [6, 6.07) is 7.08. The van der Waals surface area contributed by atoms with Crippen LogP contribution in [0, 0.1) is 17.2 Å². The van der Waals surface area contributed by atoms with E-state index in [1.165, 1.54) is 31.2 Å². The number of benzene rings is 1. The fraction of sp³-hybridized carbons (Fsp3) is 0.556. The van der Waals surface area contributed by atoms with Crippen LogP contribution in [0.3, 0.4) is 0 Å². The van der Waals surface area contributed by atoms with E-state index >= 15 is 0 Å². The first-order chi connectivity index (χ1) is 9.03.